The highest BCUT2D eigenvalue weighted by Crippen LogP contribution is 2.41. The summed E-state index contributed by atoms with van der Waals surface area (Å²) >= 11 is 14.5. The summed E-state index contributed by atoms with van der Waals surface area (Å²) in [7, 11) is 0. The molecule has 1 heterocycles. The van der Waals surface area contributed by atoms with E-state index in [1.54, 1.807) is 0 Å². The standard InChI is InChI=1S/C16H20Cl2N2S/c1-2-21-14-8-4-7-13(14)20-15(9-10-17)19-12-6-3-5-11(18)16(12)20/h3,5-6,13-14H,2,4,7-10H2,1H3. The fourth-order valence-electron chi connectivity index (χ4n) is 3.38. The van der Waals surface area contributed by atoms with E-state index in [0.29, 0.717) is 17.2 Å². The summed E-state index contributed by atoms with van der Waals surface area (Å²) in [6, 6.07) is 6.48. The molecule has 5 heteroatoms. The van der Waals surface area contributed by atoms with Gasteiger partial charge in [-0.15, -0.1) is 11.6 Å². The van der Waals surface area contributed by atoms with Crippen LogP contribution in [0, 0.1) is 0 Å². The molecule has 2 unspecified atom stereocenters. The molecule has 1 aromatic carbocycles. The van der Waals surface area contributed by atoms with Crippen LogP contribution in [0.4, 0.5) is 0 Å². The van der Waals surface area contributed by atoms with Crippen LogP contribution < -0.4 is 0 Å². The quantitative estimate of drug-likeness (QED) is 0.684. The summed E-state index contributed by atoms with van der Waals surface area (Å²) in [6.07, 6.45) is 4.58. The molecular weight excluding hydrogens is 323 g/mol. The zero-order valence-electron chi connectivity index (χ0n) is 12.2. The largest absolute Gasteiger partial charge is 0.322 e. The average molecular weight is 343 g/mol. The van der Waals surface area contributed by atoms with Crippen LogP contribution in [0.15, 0.2) is 18.2 Å². The zero-order valence-corrected chi connectivity index (χ0v) is 14.5. The number of alkyl halides is 1. The van der Waals surface area contributed by atoms with Crippen molar-refractivity contribution < 1.29 is 0 Å². The van der Waals surface area contributed by atoms with Gasteiger partial charge >= 0.3 is 0 Å². The summed E-state index contributed by atoms with van der Waals surface area (Å²) in [5.41, 5.74) is 2.09. The van der Waals surface area contributed by atoms with Gasteiger partial charge in [0.1, 0.15) is 5.82 Å². The zero-order chi connectivity index (χ0) is 14.8. The second-order valence-electron chi connectivity index (χ2n) is 5.44. The highest BCUT2D eigenvalue weighted by atomic mass is 35.5. The molecule has 21 heavy (non-hydrogen) atoms. The minimum Gasteiger partial charge on any atom is -0.322 e. The highest BCUT2D eigenvalue weighted by molar-refractivity contribution is 7.99. The third-order valence-electron chi connectivity index (χ3n) is 4.18. The van der Waals surface area contributed by atoms with Gasteiger partial charge < -0.3 is 4.57 Å². The summed E-state index contributed by atoms with van der Waals surface area (Å²) in [5, 5.41) is 1.46. The number of rotatable bonds is 5. The Labute approximate surface area is 140 Å². The van der Waals surface area contributed by atoms with Crippen LogP contribution in [0.5, 0.6) is 0 Å². The van der Waals surface area contributed by atoms with E-state index in [9.17, 15) is 0 Å². The van der Waals surface area contributed by atoms with E-state index in [-0.39, 0.29) is 0 Å². The number of benzene rings is 1. The lowest BCUT2D eigenvalue weighted by Crippen LogP contribution is -2.19. The minimum atomic E-state index is 0.498. The van der Waals surface area contributed by atoms with Crippen LogP contribution in [0.25, 0.3) is 11.0 Å². The predicted octanol–water partition coefficient (Wildman–Crippen LogP) is 5.32. The summed E-state index contributed by atoms with van der Waals surface area (Å²) in [6.45, 7) is 2.23. The number of aryl methyl sites for hydroxylation is 1. The predicted molar refractivity (Wildman–Crippen MR) is 94.0 cm³/mol. The first-order valence-corrected chi connectivity index (χ1v) is 9.55. The Bertz CT molecular complexity index is 626. The molecule has 0 saturated heterocycles. The van der Waals surface area contributed by atoms with Crippen molar-refractivity contribution in [3.05, 3.63) is 29.0 Å². The van der Waals surface area contributed by atoms with Crippen molar-refractivity contribution in [2.45, 2.75) is 43.9 Å². The number of para-hydroxylation sites is 1. The fraction of sp³-hybridized carbons (Fsp3) is 0.562. The van der Waals surface area contributed by atoms with Crippen LogP contribution in [0.1, 0.15) is 38.1 Å². The molecule has 0 N–H and O–H groups in total. The first-order valence-electron chi connectivity index (χ1n) is 7.59. The van der Waals surface area contributed by atoms with E-state index in [0.717, 1.165) is 34.1 Å². The molecule has 0 radical (unpaired) electrons. The molecule has 1 saturated carbocycles. The maximum atomic E-state index is 6.48. The van der Waals surface area contributed by atoms with Crippen molar-refractivity contribution in [2.24, 2.45) is 0 Å². The van der Waals surface area contributed by atoms with E-state index < -0.39 is 0 Å². The normalized spacial score (nSPS) is 22.2. The average Bonchev–Trinajstić information content (AvgIpc) is 3.04. The van der Waals surface area contributed by atoms with Gasteiger partial charge in [-0.25, -0.2) is 4.98 Å². The molecule has 0 spiro atoms. The van der Waals surface area contributed by atoms with Gasteiger partial charge in [0.15, 0.2) is 0 Å². The molecule has 0 aliphatic heterocycles. The number of halogens is 2. The lowest BCUT2D eigenvalue weighted by Gasteiger charge is -2.23. The maximum Gasteiger partial charge on any atom is 0.111 e. The van der Waals surface area contributed by atoms with Crippen molar-refractivity contribution >= 4 is 46.0 Å². The van der Waals surface area contributed by atoms with Gasteiger partial charge in [-0.2, -0.15) is 11.8 Å². The van der Waals surface area contributed by atoms with Gasteiger partial charge in [-0.05, 0) is 30.7 Å². The van der Waals surface area contributed by atoms with Crippen molar-refractivity contribution in [2.75, 3.05) is 11.6 Å². The number of thioether (sulfide) groups is 1. The number of imidazole rings is 1. The van der Waals surface area contributed by atoms with Crippen molar-refractivity contribution in [1.82, 2.24) is 9.55 Å². The van der Waals surface area contributed by atoms with Crippen LogP contribution in [-0.2, 0) is 6.42 Å². The van der Waals surface area contributed by atoms with Gasteiger partial charge in [0, 0.05) is 23.6 Å². The first kappa shape index (κ1) is 15.5. The van der Waals surface area contributed by atoms with E-state index in [4.69, 9.17) is 28.2 Å². The minimum absolute atomic E-state index is 0.498. The molecule has 114 valence electrons. The lowest BCUT2D eigenvalue weighted by atomic mass is 10.2. The van der Waals surface area contributed by atoms with E-state index in [1.807, 2.05) is 18.2 Å². The lowest BCUT2D eigenvalue weighted by molar-refractivity contribution is 0.522. The molecule has 2 nitrogen and oxygen atoms in total. The molecular formula is C16H20Cl2N2S. The first-order chi connectivity index (χ1) is 10.3. The smallest absolute Gasteiger partial charge is 0.111 e. The fourth-order valence-corrected chi connectivity index (χ4v) is 5.05. The van der Waals surface area contributed by atoms with Gasteiger partial charge in [-0.1, -0.05) is 31.0 Å². The molecule has 1 aliphatic rings. The second kappa shape index (κ2) is 6.80. The monoisotopic (exact) mass is 342 g/mol. The molecule has 0 amide bonds. The molecule has 3 rings (SSSR count). The van der Waals surface area contributed by atoms with E-state index in [1.165, 1.54) is 19.3 Å². The summed E-state index contributed by atoms with van der Waals surface area (Å²) in [5.74, 6) is 2.84. The Morgan fingerprint density at radius 1 is 1.38 bits per heavy atom. The van der Waals surface area contributed by atoms with Crippen LogP contribution in [-0.4, -0.2) is 26.4 Å². The molecule has 2 atom stereocenters. The molecule has 1 aliphatic carbocycles. The molecule has 2 aromatic rings. The Kier molecular flexibility index (Phi) is 5.03. The van der Waals surface area contributed by atoms with Crippen LogP contribution in [0.3, 0.4) is 0 Å². The number of hydrogen-bond donors (Lipinski definition) is 0. The van der Waals surface area contributed by atoms with Crippen molar-refractivity contribution in [3.8, 4) is 0 Å². The van der Waals surface area contributed by atoms with E-state index in [2.05, 4.69) is 23.3 Å². The summed E-state index contributed by atoms with van der Waals surface area (Å²) < 4.78 is 2.39. The van der Waals surface area contributed by atoms with Crippen LogP contribution in [0.2, 0.25) is 5.02 Å². The van der Waals surface area contributed by atoms with Gasteiger partial charge in [0.05, 0.1) is 16.1 Å². The maximum absolute atomic E-state index is 6.48. The van der Waals surface area contributed by atoms with Gasteiger partial charge in [-0.3, -0.25) is 0 Å². The second-order valence-corrected chi connectivity index (χ2v) is 7.74. The third-order valence-corrected chi connectivity index (χ3v) is 5.99. The topological polar surface area (TPSA) is 17.8 Å². The number of hydrogen-bond acceptors (Lipinski definition) is 2. The van der Waals surface area contributed by atoms with Crippen molar-refractivity contribution in [1.29, 1.82) is 0 Å². The summed E-state index contributed by atoms with van der Waals surface area (Å²) in [4.78, 5) is 4.79. The number of aromatic nitrogens is 2. The van der Waals surface area contributed by atoms with E-state index >= 15 is 0 Å². The molecule has 0 bridgehead atoms. The Morgan fingerprint density at radius 3 is 3.00 bits per heavy atom. The third kappa shape index (κ3) is 2.93. The molecule has 1 fully saturated rings. The van der Waals surface area contributed by atoms with Crippen LogP contribution >= 0.6 is 35.0 Å². The van der Waals surface area contributed by atoms with Gasteiger partial charge in [0.25, 0.3) is 0 Å². The highest BCUT2D eigenvalue weighted by Gasteiger charge is 2.31. The number of fused-ring (bicyclic) bond motifs is 1. The molecule has 1 aromatic heterocycles. The van der Waals surface area contributed by atoms with Crippen molar-refractivity contribution in [3.63, 3.8) is 0 Å². The Morgan fingerprint density at radius 2 is 2.24 bits per heavy atom. The van der Waals surface area contributed by atoms with Gasteiger partial charge in [0.2, 0.25) is 0 Å². The number of nitrogens with zero attached hydrogens (tertiary/aromatic N) is 2. The SMILES string of the molecule is CCSC1CCCC1n1c(CCCl)nc2cccc(Cl)c21. The Hall–Kier alpha value is -0.380. The Balaban J connectivity index is 2.12.